The lowest BCUT2D eigenvalue weighted by Gasteiger charge is -2.12. The zero-order valence-electron chi connectivity index (χ0n) is 11.7. The molecular formula is C14H11ClN4O3S. The summed E-state index contributed by atoms with van der Waals surface area (Å²) < 4.78 is 0.636. The van der Waals surface area contributed by atoms with E-state index in [1.807, 2.05) is 6.08 Å². The van der Waals surface area contributed by atoms with Gasteiger partial charge in [-0.1, -0.05) is 29.0 Å². The summed E-state index contributed by atoms with van der Waals surface area (Å²) in [6.45, 7) is 0. The quantitative estimate of drug-likeness (QED) is 0.642. The summed E-state index contributed by atoms with van der Waals surface area (Å²) in [5.41, 5.74) is 1.32. The third-order valence-electron chi connectivity index (χ3n) is 3.14. The van der Waals surface area contributed by atoms with Gasteiger partial charge in [-0.15, -0.1) is 0 Å². The number of anilines is 1. The Labute approximate surface area is 139 Å². The molecule has 23 heavy (non-hydrogen) atoms. The number of carbonyl (C=O) groups is 1. The van der Waals surface area contributed by atoms with Crippen molar-refractivity contribution in [1.82, 2.24) is 10.3 Å². The number of thiazole rings is 1. The van der Waals surface area contributed by atoms with Gasteiger partial charge in [-0.05, 0) is 25.0 Å². The number of aromatic nitrogens is 1. The number of benzene rings is 1. The number of allylic oxidation sites excluding steroid dienone is 4. The van der Waals surface area contributed by atoms with Crippen molar-refractivity contribution < 1.29 is 9.72 Å². The van der Waals surface area contributed by atoms with Crippen LogP contribution in [0.4, 0.5) is 15.6 Å². The molecule has 118 valence electrons. The molecule has 1 aliphatic rings. The highest BCUT2D eigenvalue weighted by Gasteiger charge is 2.13. The standard InChI is InChI=1S/C14H11ClN4O3S/c15-8-2-1-3-9(6-8)16-13(20)18-14-17-11-5-4-10(19(21)22)7-12(11)23-14/h2,4-7H,1,3H2,(H2,16,17,18,20). The Hall–Kier alpha value is -2.45. The maximum Gasteiger partial charge on any atom is 0.325 e. The van der Waals surface area contributed by atoms with Crippen molar-refractivity contribution in [2.75, 3.05) is 5.32 Å². The normalized spacial score (nSPS) is 14.1. The third kappa shape index (κ3) is 3.66. The molecule has 2 aromatic rings. The molecule has 2 amide bonds. The Morgan fingerprint density at radius 2 is 2.22 bits per heavy atom. The number of urea groups is 1. The minimum atomic E-state index is -0.466. The van der Waals surface area contributed by atoms with Gasteiger partial charge in [0.15, 0.2) is 5.13 Å². The molecule has 0 saturated carbocycles. The monoisotopic (exact) mass is 350 g/mol. The van der Waals surface area contributed by atoms with Crippen LogP contribution in [-0.4, -0.2) is 15.9 Å². The van der Waals surface area contributed by atoms with E-state index in [1.54, 1.807) is 12.1 Å². The molecule has 0 saturated heterocycles. The first-order valence-electron chi connectivity index (χ1n) is 6.70. The fraction of sp³-hybridized carbons (Fsp3) is 0.143. The summed E-state index contributed by atoms with van der Waals surface area (Å²) in [6.07, 6.45) is 5.06. The van der Waals surface area contributed by atoms with Gasteiger partial charge in [0, 0.05) is 22.9 Å². The third-order valence-corrected chi connectivity index (χ3v) is 4.34. The summed E-state index contributed by atoms with van der Waals surface area (Å²) >= 11 is 7.07. The first-order chi connectivity index (χ1) is 11.0. The largest absolute Gasteiger partial charge is 0.325 e. The lowest BCUT2D eigenvalue weighted by atomic mass is 10.1. The van der Waals surface area contributed by atoms with Crippen LogP contribution in [0.15, 0.2) is 41.1 Å². The minimum Gasteiger partial charge on any atom is -0.311 e. The van der Waals surface area contributed by atoms with Gasteiger partial charge in [0.05, 0.1) is 15.1 Å². The van der Waals surface area contributed by atoms with Crippen LogP contribution in [0.3, 0.4) is 0 Å². The average molecular weight is 351 g/mol. The fourth-order valence-electron chi connectivity index (χ4n) is 2.12. The van der Waals surface area contributed by atoms with Gasteiger partial charge < -0.3 is 5.32 Å². The Morgan fingerprint density at radius 1 is 1.39 bits per heavy atom. The first-order valence-corrected chi connectivity index (χ1v) is 7.90. The first kappa shape index (κ1) is 15.4. The SMILES string of the molecule is O=C(NC1=CC(Cl)=CCC1)Nc1nc2ccc([N+](=O)[O-])cc2s1. The molecule has 0 radical (unpaired) electrons. The van der Waals surface area contributed by atoms with E-state index in [4.69, 9.17) is 11.6 Å². The molecule has 2 N–H and O–H groups in total. The molecule has 1 aromatic heterocycles. The fourth-order valence-corrected chi connectivity index (χ4v) is 3.25. The Bertz CT molecular complexity index is 859. The number of nitro groups is 1. The number of nitrogens with one attached hydrogen (secondary N) is 2. The number of nitrogens with zero attached hydrogens (tertiary/aromatic N) is 2. The predicted octanol–water partition coefficient (Wildman–Crippen LogP) is 4.13. The average Bonchev–Trinajstić information content (AvgIpc) is 2.87. The number of fused-ring (bicyclic) bond motifs is 1. The number of amides is 2. The Kier molecular flexibility index (Phi) is 4.26. The lowest BCUT2D eigenvalue weighted by molar-refractivity contribution is -0.384. The maximum absolute atomic E-state index is 12.0. The van der Waals surface area contributed by atoms with E-state index in [1.165, 1.54) is 23.5 Å². The number of halogens is 1. The zero-order valence-corrected chi connectivity index (χ0v) is 13.3. The van der Waals surface area contributed by atoms with Crippen molar-refractivity contribution >= 4 is 50.0 Å². The highest BCUT2D eigenvalue weighted by Crippen LogP contribution is 2.29. The number of non-ortho nitro benzene ring substituents is 1. The topological polar surface area (TPSA) is 97.2 Å². The van der Waals surface area contributed by atoms with Gasteiger partial charge in [-0.2, -0.15) is 0 Å². The molecule has 0 spiro atoms. The molecule has 0 atom stereocenters. The highest BCUT2D eigenvalue weighted by atomic mass is 35.5. The molecule has 0 bridgehead atoms. The van der Waals surface area contributed by atoms with Crippen LogP contribution in [-0.2, 0) is 0 Å². The van der Waals surface area contributed by atoms with Gasteiger partial charge in [0.2, 0.25) is 0 Å². The van der Waals surface area contributed by atoms with Crippen LogP contribution in [0.2, 0.25) is 0 Å². The van der Waals surface area contributed by atoms with Crippen LogP contribution in [0.5, 0.6) is 0 Å². The second-order valence-electron chi connectivity index (χ2n) is 4.80. The van der Waals surface area contributed by atoms with E-state index in [-0.39, 0.29) is 5.69 Å². The second-order valence-corrected chi connectivity index (χ2v) is 6.27. The van der Waals surface area contributed by atoms with Gasteiger partial charge in [0.25, 0.3) is 5.69 Å². The Morgan fingerprint density at radius 3 is 2.96 bits per heavy atom. The second kappa shape index (κ2) is 6.35. The molecule has 3 rings (SSSR count). The molecule has 0 aliphatic heterocycles. The van der Waals surface area contributed by atoms with Crippen LogP contribution >= 0.6 is 22.9 Å². The van der Waals surface area contributed by atoms with Crippen LogP contribution in [0.1, 0.15) is 12.8 Å². The van der Waals surface area contributed by atoms with Crippen LogP contribution < -0.4 is 10.6 Å². The number of carbonyl (C=O) groups excluding carboxylic acids is 1. The zero-order chi connectivity index (χ0) is 16.4. The lowest BCUT2D eigenvalue weighted by Crippen LogP contribution is -2.28. The molecule has 9 heteroatoms. The number of nitro benzene ring substituents is 1. The number of hydrogen-bond acceptors (Lipinski definition) is 5. The molecule has 1 aromatic carbocycles. The van der Waals surface area contributed by atoms with Gasteiger partial charge >= 0.3 is 6.03 Å². The van der Waals surface area contributed by atoms with E-state index in [0.717, 1.165) is 12.1 Å². The van der Waals surface area contributed by atoms with E-state index < -0.39 is 11.0 Å². The number of rotatable bonds is 3. The smallest absolute Gasteiger partial charge is 0.311 e. The molecule has 0 unspecified atom stereocenters. The summed E-state index contributed by atoms with van der Waals surface area (Å²) in [4.78, 5) is 26.5. The van der Waals surface area contributed by atoms with Crippen LogP contribution in [0, 0.1) is 10.1 Å². The Balaban J connectivity index is 1.72. The molecule has 1 aliphatic carbocycles. The van der Waals surface area contributed by atoms with E-state index >= 15 is 0 Å². The van der Waals surface area contributed by atoms with Crippen molar-refractivity contribution in [2.24, 2.45) is 0 Å². The van der Waals surface area contributed by atoms with Crippen molar-refractivity contribution in [1.29, 1.82) is 0 Å². The van der Waals surface area contributed by atoms with E-state index in [0.29, 0.717) is 26.8 Å². The molecular weight excluding hydrogens is 340 g/mol. The molecule has 0 fully saturated rings. The number of hydrogen-bond donors (Lipinski definition) is 2. The maximum atomic E-state index is 12.0. The van der Waals surface area contributed by atoms with E-state index in [2.05, 4.69) is 15.6 Å². The summed E-state index contributed by atoms with van der Waals surface area (Å²) in [5, 5.41) is 17.1. The van der Waals surface area contributed by atoms with Gasteiger partial charge in [-0.3, -0.25) is 15.4 Å². The van der Waals surface area contributed by atoms with Crippen molar-refractivity contribution in [2.45, 2.75) is 12.8 Å². The van der Waals surface area contributed by atoms with E-state index in [9.17, 15) is 14.9 Å². The molecule has 7 nitrogen and oxygen atoms in total. The summed E-state index contributed by atoms with van der Waals surface area (Å²) in [6, 6.07) is 3.95. The summed E-state index contributed by atoms with van der Waals surface area (Å²) in [5.74, 6) is 0. The van der Waals surface area contributed by atoms with Gasteiger partial charge in [0.1, 0.15) is 0 Å². The van der Waals surface area contributed by atoms with Crippen molar-refractivity contribution in [3.8, 4) is 0 Å². The highest BCUT2D eigenvalue weighted by molar-refractivity contribution is 7.22. The molecule has 1 heterocycles. The summed E-state index contributed by atoms with van der Waals surface area (Å²) in [7, 11) is 0. The van der Waals surface area contributed by atoms with Gasteiger partial charge in [-0.25, -0.2) is 9.78 Å². The predicted molar refractivity (Wildman–Crippen MR) is 89.7 cm³/mol. The van der Waals surface area contributed by atoms with Crippen molar-refractivity contribution in [3.05, 3.63) is 51.2 Å². The van der Waals surface area contributed by atoms with Crippen LogP contribution in [0.25, 0.3) is 10.2 Å². The van der Waals surface area contributed by atoms with Crippen molar-refractivity contribution in [3.63, 3.8) is 0 Å². The minimum absolute atomic E-state index is 0.00839.